The number of fused-ring (bicyclic) bond motifs is 1. The van der Waals surface area contributed by atoms with E-state index in [1.807, 2.05) is 32.0 Å². The molecule has 1 aromatic carbocycles. The van der Waals surface area contributed by atoms with Gasteiger partial charge in [-0.1, -0.05) is 36.9 Å². The highest BCUT2D eigenvalue weighted by molar-refractivity contribution is 7.99. The van der Waals surface area contributed by atoms with Crippen molar-refractivity contribution in [2.45, 2.75) is 37.2 Å². The van der Waals surface area contributed by atoms with Gasteiger partial charge in [0.15, 0.2) is 5.16 Å². The number of aryl methyl sites for hydroxylation is 1. The number of hydrogen-bond acceptors (Lipinski definition) is 6. The molecule has 0 unspecified atom stereocenters. The van der Waals surface area contributed by atoms with Crippen molar-refractivity contribution in [1.29, 1.82) is 0 Å². The van der Waals surface area contributed by atoms with Gasteiger partial charge in [0.2, 0.25) is 11.8 Å². The summed E-state index contributed by atoms with van der Waals surface area (Å²) in [4.78, 5) is 17.4. The number of rotatable bonds is 6. The first-order valence-corrected chi connectivity index (χ1v) is 8.61. The van der Waals surface area contributed by atoms with E-state index >= 15 is 0 Å². The topological polar surface area (TPSA) is 73.8 Å². The molecule has 0 aliphatic heterocycles. The Labute approximate surface area is 143 Å². The molecule has 3 aromatic rings. The molecule has 1 atom stereocenters. The van der Waals surface area contributed by atoms with E-state index in [1.54, 1.807) is 16.7 Å². The zero-order valence-electron chi connectivity index (χ0n) is 13.6. The molecule has 7 heteroatoms. The largest absolute Gasteiger partial charge is 0.424 e. The molecule has 6 nitrogen and oxygen atoms in total. The van der Waals surface area contributed by atoms with Crippen molar-refractivity contribution in [1.82, 2.24) is 19.7 Å². The van der Waals surface area contributed by atoms with Crippen molar-refractivity contribution in [2.24, 2.45) is 0 Å². The number of thioether (sulfide) groups is 1. The molecule has 2 aromatic heterocycles. The summed E-state index contributed by atoms with van der Waals surface area (Å²) in [7, 11) is 0. The van der Waals surface area contributed by atoms with E-state index < -0.39 is 0 Å². The van der Waals surface area contributed by atoms with Crippen LogP contribution in [0.1, 0.15) is 30.9 Å². The fourth-order valence-corrected chi connectivity index (χ4v) is 3.26. The smallest absolute Gasteiger partial charge is 0.262 e. The highest BCUT2D eigenvalue weighted by atomic mass is 32.2. The zero-order chi connectivity index (χ0) is 17.1. The van der Waals surface area contributed by atoms with Gasteiger partial charge in [-0.05, 0) is 19.1 Å². The van der Waals surface area contributed by atoms with Crippen molar-refractivity contribution >= 4 is 22.7 Å². The minimum Gasteiger partial charge on any atom is -0.424 e. The Hall–Kier alpha value is -2.41. The van der Waals surface area contributed by atoms with Gasteiger partial charge >= 0.3 is 0 Å². The van der Waals surface area contributed by atoms with Crippen LogP contribution in [0, 0.1) is 0 Å². The first-order valence-electron chi connectivity index (χ1n) is 7.73. The Morgan fingerprint density at radius 1 is 1.38 bits per heavy atom. The molecule has 3 rings (SSSR count). The second kappa shape index (κ2) is 7.00. The van der Waals surface area contributed by atoms with Crippen LogP contribution < -0.4 is 5.56 Å². The fourth-order valence-electron chi connectivity index (χ4n) is 2.31. The molecular formula is C17H18N4O2S. The highest BCUT2D eigenvalue weighted by Crippen LogP contribution is 2.33. The first kappa shape index (κ1) is 16.4. The lowest BCUT2D eigenvalue weighted by Crippen LogP contribution is -2.23. The van der Waals surface area contributed by atoms with Crippen LogP contribution in [-0.2, 0) is 13.0 Å². The monoisotopic (exact) mass is 342 g/mol. The molecule has 0 N–H and O–H groups in total. The van der Waals surface area contributed by atoms with Gasteiger partial charge in [0.1, 0.15) is 0 Å². The van der Waals surface area contributed by atoms with Crippen molar-refractivity contribution < 1.29 is 4.42 Å². The minimum absolute atomic E-state index is 0.0741. The number of hydrogen-bond donors (Lipinski definition) is 0. The van der Waals surface area contributed by atoms with Crippen LogP contribution in [0.25, 0.3) is 10.9 Å². The first-order chi connectivity index (χ1) is 11.6. The predicted molar refractivity (Wildman–Crippen MR) is 94.1 cm³/mol. The van der Waals surface area contributed by atoms with E-state index in [0.29, 0.717) is 40.8 Å². The van der Waals surface area contributed by atoms with E-state index in [1.165, 1.54) is 11.8 Å². The average Bonchev–Trinajstić information content (AvgIpc) is 3.08. The van der Waals surface area contributed by atoms with Gasteiger partial charge in [0.05, 0.1) is 16.2 Å². The summed E-state index contributed by atoms with van der Waals surface area (Å²) < 4.78 is 7.22. The van der Waals surface area contributed by atoms with Crippen LogP contribution >= 0.6 is 11.8 Å². The molecule has 0 bridgehead atoms. The Bertz CT molecular complexity index is 932. The SMILES string of the molecule is C=CCn1c(S[C@@H](C)c2nnc(CC)o2)nc2ccccc2c1=O. The lowest BCUT2D eigenvalue weighted by Gasteiger charge is -2.13. The van der Waals surface area contributed by atoms with Gasteiger partial charge in [-0.15, -0.1) is 16.8 Å². The maximum atomic E-state index is 12.7. The van der Waals surface area contributed by atoms with Crippen LogP contribution in [0.15, 0.2) is 51.3 Å². The van der Waals surface area contributed by atoms with Gasteiger partial charge in [-0.2, -0.15) is 0 Å². The van der Waals surface area contributed by atoms with Gasteiger partial charge in [-0.25, -0.2) is 4.98 Å². The molecule has 0 spiro atoms. The average molecular weight is 342 g/mol. The van der Waals surface area contributed by atoms with Crippen molar-refractivity contribution in [2.75, 3.05) is 0 Å². The summed E-state index contributed by atoms with van der Waals surface area (Å²) in [6.45, 7) is 8.05. The maximum absolute atomic E-state index is 12.7. The second-order valence-electron chi connectivity index (χ2n) is 5.26. The summed E-state index contributed by atoms with van der Waals surface area (Å²) in [5.74, 6) is 1.14. The minimum atomic E-state index is -0.109. The summed E-state index contributed by atoms with van der Waals surface area (Å²) in [5, 5.41) is 9.16. The van der Waals surface area contributed by atoms with E-state index in [0.717, 1.165) is 0 Å². The standard InChI is InChI=1S/C17H18N4O2S/c1-4-10-21-16(22)12-8-6-7-9-13(12)18-17(21)24-11(3)15-20-19-14(5-2)23-15/h4,6-9,11H,1,5,10H2,2-3H3/t11-/m0/s1. The summed E-state index contributed by atoms with van der Waals surface area (Å²) in [6.07, 6.45) is 2.38. The van der Waals surface area contributed by atoms with Gasteiger partial charge in [0, 0.05) is 13.0 Å². The predicted octanol–water partition coefficient (Wildman–Crippen LogP) is 3.38. The van der Waals surface area contributed by atoms with Crippen LogP contribution in [0.5, 0.6) is 0 Å². The van der Waals surface area contributed by atoms with Crippen LogP contribution in [0.3, 0.4) is 0 Å². The fraction of sp³-hybridized carbons (Fsp3) is 0.294. The molecular weight excluding hydrogens is 324 g/mol. The van der Waals surface area contributed by atoms with Gasteiger partial charge in [0.25, 0.3) is 5.56 Å². The number of allylic oxidation sites excluding steroid dienone is 1. The molecule has 0 saturated heterocycles. The van der Waals surface area contributed by atoms with Crippen molar-refractivity contribution in [3.63, 3.8) is 0 Å². The normalized spacial score (nSPS) is 12.4. The van der Waals surface area contributed by atoms with E-state index in [4.69, 9.17) is 4.42 Å². The summed E-state index contributed by atoms with van der Waals surface area (Å²) >= 11 is 1.42. The Morgan fingerprint density at radius 2 is 2.17 bits per heavy atom. The number of benzene rings is 1. The third kappa shape index (κ3) is 3.12. The highest BCUT2D eigenvalue weighted by Gasteiger charge is 2.19. The van der Waals surface area contributed by atoms with E-state index in [2.05, 4.69) is 21.8 Å². The lowest BCUT2D eigenvalue weighted by molar-refractivity contribution is 0.455. The molecule has 0 radical (unpaired) electrons. The van der Waals surface area contributed by atoms with Gasteiger partial charge < -0.3 is 4.42 Å². The van der Waals surface area contributed by atoms with E-state index in [-0.39, 0.29) is 10.8 Å². The molecule has 24 heavy (non-hydrogen) atoms. The Kier molecular flexibility index (Phi) is 4.80. The van der Waals surface area contributed by atoms with Gasteiger partial charge in [-0.3, -0.25) is 9.36 Å². The molecule has 0 saturated carbocycles. The van der Waals surface area contributed by atoms with Crippen LogP contribution in [0.2, 0.25) is 0 Å². The number of nitrogens with zero attached hydrogens (tertiary/aromatic N) is 4. The van der Waals surface area contributed by atoms with Crippen molar-refractivity contribution in [3.05, 3.63) is 59.1 Å². The third-order valence-corrected chi connectivity index (χ3v) is 4.63. The molecule has 0 aliphatic rings. The summed E-state index contributed by atoms with van der Waals surface area (Å²) in [5.41, 5.74) is 0.604. The maximum Gasteiger partial charge on any atom is 0.262 e. The quantitative estimate of drug-likeness (QED) is 0.388. The Morgan fingerprint density at radius 3 is 2.88 bits per heavy atom. The third-order valence-electron chi connectivity index (χ3n) is 3.55. The van der Waals surface area contributed by atoms with Crippen LogP contribution in [0.4, 0.5) is 0 Å². The lowest BCUT2D eigenvalue weighted by atomic mass is 10.2. The molecule has 124 valence electrons. The number of para-hydroxylation sites is 1. The number of aromatic nitrogens is 4. The molecule has 0 aliphatic carbocycles. The second-order valence-corrected chi connectivity index (χ2v) is 6.57. The Balaban J connectivity index is 2.02. The molecule has 2 heterocycles. The van der Waals surface area contributed by atoms with E-state index in [9.17, 15) is 4.79 Å². The summed E-state index contributed by atoms with van der Waals surface area (Å²) in [6, 6.07) is 7.33. The van der Waals surface area contributed by atoms with Crippen molar-refractivity contribution in [3.8, 4) is 0 Å². The zero-order valence-corrected chi connectivity index (χ0v) is 14.4. The molecule has 0 amide bonds. The molecule has 0 fully saturated rings. The van der Waals surface area contributed by atoms with Crippen LogP contribution in [-0.4, -0.2) is 19.7 Å².